The predicted molar refractivity (Wildman–Crippen MR) is 102 cm³/mol. The molecule has 2 heteroatoms. The lowest BCUT2D eigenvalue weighted by molar-refractivity contribution is 0.442. The molecule has 2 nitrogen and oxygen atoms in total. The van der Waals surface area contributed by atoms with E-state index < -0.39 is 0 Å². The molecule has 0 fully saturated rings. The molecule has 0 bridgehead atoms. The third-order valence-corrected chi connectivity index (χ3v) is 4.65. The Morgan fingerprint density at radius 1 is 0.958 bits per heavy atom. The van der Waals surface area contributed by atoms with Crippen molar-refractivity contribution >= 4 is 22.7 Å². The van der Waals surface area contributed by atoms with Crippen molar-refractivity contribution in [3.63, 3.8) is 0 Å². The molecule has 0 saturated carbocycles. The SMILES string of the molecule is CC(C)CC1(c2ccc3ccccc3n2)C=Cc2ccccc2N1. The number of nitrogens with zero attached hydrogens (tertiary/aromatic N) is 1. The minimum Gasteiger partial charge on any atom is -0.370 e. The van der Waals surface area contributed by atoms with E-state index in [1.807, 2.05) is 6.07 Å². The van der Waals surface area contributed by atoms with E-state index in [1.165, 1.54) is 16.6 Å². The zero-order valence-corrected chi connectivity index (χ0v) is 14.2. The van der Waals surface area contributed by atoms with Crippen LogP contribution >= 0.6 is 0 Å². The van der Waals surface area contributed by atoms with Gasteiger partial charge in [0.05, 0.1) is 16.7 Å². The highest BCUT2D eigenvalue weighted by molar-refractivity contribution is 5.79. The fourth-order valence-electron chi connectivity index (χ4n) is 3.60. The van der Waals surface area contributed by atoms with Crippen LogP contribution in [0.1, 0.15) is 31.5 Å². The van der Waals surface area contributed by atoms with E-state index in [1.54, 1.807) is 0 Å². The van der Waals surface area contributed by atoms with Crippen molar-refractivity contribution in [2.75, 3.05) is 5.32 Å². The van der Waals surface area contributed by atoms with Crippen molar-refractivity contribution in [3.05, 3.63) is 78.0 Å². The average Bonchev–Trinajstić information content (AvgIpc) is 2.60. The largest absolute Gasteiger partial charge is 0.370 e. The fourth-order valence-corrected chi connectivity index (χ4v) is 3.60. The summed E-state index contributed by atoms with van der Waals surface area (Å²) in [6, 6.07) is 21.1. The quantitative estimate of drug-likeness (QED) is 0.679. The maximum atomic E-state index is 4.98. The molecule has 0 saturated heterocycles. The van der Waals surface area contributed by atoms with Gasteiger partial charge >= 0.3 is 0 Å². The van der Waals surface area contributed by atoms with Crippen LogP contribution in [0.2, 0.25) is 0 Å². The van der Waals surface area contributed by atoms with Crippen molar-refractivity contribution in [2.45, 2.75) is 25.8 Å². The number of hydrogen-bond donors (Lipinski definition) is 1. The number of hydrogen-bond acceptors (Lipinski definition) is 2. The molecule has 1 unspecified atom stereocenters. The third kappa shape index (κ3) is 2.58. The number of benzene rings is 2. The van der Waals surface area contributed by atoms with Crippen molar-refractivity contribution < 1.29 is 0 Å². The van der Waals surface area contributed by atoms with Crippen molar-refractivity contribution in [1.29, 1.82) is 0 Å². The molecule has 120 valence electrons. The lowest BCUT2D eigenvalue weighted by Crippen LogP contribution is -2.37. The fraction of sp³-hybridized carbons (Fsp3) is 0.227. The molecule has 24 heavy (non-hydrogen) atoms. The lowest BCUT2D eigenvalue weighted by Gasteiger charge is -2.37. The summed E-state index contributed by atoms with van der Waals surface area (Å²) >= 11 is 0. The first kappa shape index (κ1) is 14.9. The Hall–Kier alpha value is -2.61. The van der Waals surface area contributed by atoms with Gasteiger partial charge in [-0.2, -0.15) is 0 Å². The van der Waals surface area contributed by atoms with Crippen LogP contribution in [0.5, 0.6) is 0 Å². The van der Waals surface area contributed by atoms with Crippen LogP contribution in [-0.4, -0.2) is 4.98 Å². The monoisotopic (exact) mass is 314 g/mol. The Balaban J connectivity index is 1.85. The normalized spacial score (nSPS) is 19.3. The Morgan fingerprint density at radius 2 is 1.75 bits per heavy atom. The zero-order chi connectivity index (χ0) is 16.6. The summed E-state index contributed by atoms with van der Waals surface area (Å²) < 4.78 is 0. The van der Waals surface area contributed by atoms with E-state index in [0.29, 0.717) is 5.92 Å². The summed E-state index contributed by atoms with van der Waals surface area (Å²) in [4.78, 5) is 4.98. The van der Waals surface area contributed by atoms with Gasteiger partial charge in [0.15, 0.2) is 0 Å². The smallest absolute Gasteiger partial charge is 0.0987 e. The first-order chi connectivity index (χ1) is 11.7. The van der Waals surface area contributed by atoms with Gasteiger partial charge in [-0.3, -0.25) is 0 Å². The number of rotatable bonds is 3. The summed E-state index contributed by atoms with van der Waals surface area (Å²) in [6.45, 7) is 4.53. The van der Waals surface area contributed by atoms with Crippen LogP contribution in [0.4, 0.5) is 5.69 Å². The van der Waals surface area contributed by atoms with Gasteiger partial charge in [-0.05, 0) is 36.1 Å². The summed E-state index contributed by atoms with van der Waals surface area (Å²) in [7, 11) is 0. The third-order valence-electron chi connectivity index (χ3n) is 4.65. The summed E-state index contributed by atoms with van der Waals surface area (Å²) in [5.74, 6) is 0.556. The second-order valence-corrected chi connectivity index (χ2v) is 7.00. The van der Waals surface area contributed by atoms with E-state index in [-0.39, 0.29) is 5.54 Å². The highest BCUT2D eigenvalue weighted by atomic mass is 15.0. The second-order valence-electron chi connectivity index (χ2n) is 7.00. The van der Waals surface area contributed by atoms with Gasteiger partial charge in [-0.1, -0.05) is 68.5 Å². The minimum atomic E-state index is -0.257. The molecule has 2 aromatic carbocycles. The van der Waals surface area contributed by atoms with Gasteiger partial charge in [-0.25, -0.2) is 4.98 Å². The Bertz CT molecular complexity index is 910. The predicted octanol–water partition coefficient (Wildman–Crippen LogP) is 5.62. The molecule has 1 atom stereocenters. The number of aromatic nitrogens is 1. The van der Waals surface area contributed by atoms with Gasteiger partial charge in [-0.15, -0.1) is 0 Å². The van der Waals surface area contributed by atoms with Crippen molar-refractivity contribution in [3.8, 4) is 0 Å². The Labute approximate surface area is 143 Å². The molecule has 1 aliphatic rings. The van der Waals surface area contributed by atoms with Gasteiger partial charge in [0, 0.05) is 11.1 Å². The lowest BCUT2D eigenvalue weighted by atomic mass is 9.82. The molecule has 0 aliphatic carbocycles. The molecule has 4 rings (SSSR count). The van der Waals surface area contributed by atoms with Crippen LogP contribution in [0.15, 0.2) is 66.7 Å². The number of para-hydroxylation sites is 2. The standard InChI is InChI=1S/C22H22N2/c1-16(2)15-22(14-13-18-8-4-6-10-20(18)24-22)21-12-11-17-7-3-5-9-19(17)23-21/h3-14,16,24H,15H2,1-2H3. The van der Waals surface area contributed by atoms with Crippen LogP contribution in [-0.2, 0) is 5.54 Å². The molecule has 0 radical (unpaired) electrons. The maximum absolute atomic E-state index is 4.98. The van der Waals surface area contributed by atoms with Gasteiger partial charge in [0.2, 0.25) is 0 Å². The topological polar surface area (TPSA) is 24.9 Å². The summed E-state index contributed by atoms with van der Waals surface area (Å²) in [5.41, 5.74) is 4.29. The molecule has 1 aromatic heterocycles. The van der Waals surface area contributed by atoms with Crippen molar-refractivity contribution in [2.24, 2.45) is 5.92 Å². The van der Waals surface area contributed by atoms with Gasteiger partial charge in [0.1, 0.15) is 0 Å². The van der Waals surface area contributed by atoms with E-state index in [9.17, 15) is 0 Å². The Kier molecular flexibility index (Phi) is 3.61. The molecule has 1 aliphatic heterocycles. The van der Waals surface area contributed by atoms with Gasteiger partial charge < -0.3 is 5.32 Å². The maximum Gasteiger partial charge on any atom is 0.0987 e. The second kappa shape index (κ2) is 5.79. The molecule has 1 N–H and O–H groups in total. The number of nitrogens with one attached hydrogen (secondary N) is 1. The summed E-state index contributed by atoms with van der Waals surface area (Å²) in [6.07, 6.45) is 5.51. The molecule has 2 heterocycles. The van der Waals surface area contributed by atoms with Crippen molar-refractivity contribution in [1.82, 2.24) is 4.98 Å². The Morgan fingerprint density at radius 3 is 2.62 bits per heavy atom. The molecular formula is C22H22N2. The minimum absolute atomic E-state index is 0.257. The van der Waals surface area contributed by atoms with Crippen LogP contribution in [0, 0.1) is 5.92 Å². The molecule has 0 amide bonds. The van der Waals surface area contributed by atoms with E-state index >= 15 is 0 Å². The first-order valence-corrected chi connectivity index (χ1v) is 8.59. The number of pyridine rings is 1. The molecular weight excluding hydrogens is 292 g/mol. The van der Waals surface area contributed by atoms with Crippen LogP contribution < -0.4 is 5.32 Å². The average molecular weight is 314 g/mol. The highest BCUT2D eigenvalue weighted by Crippen LogP contribution is 2.39. The highest BCUT2D eigenvalue weighted by Gasteiger charge is 2.34. The van der Waals surface area contributed by atoms with Crippen LogP contribution in [0.3, 0.4) is 0 Å². The van der Waals surface area contributed by atoms with E-state index in [2.05, 4.69) is 85.9 Å². The zero-order valence-electron chi connectivity index (χ0n) is 14.2. The van der Waals surface area contributed by atoms with E-state index in [0.717, 1.165) is 17.6 Å². The first-order valence-electron chi connectivity index (χ1n) is 8.59. The van der Waals surface area contributed by atoms with Gasteiger partial charge in [0.25, 0.3) is 0 Å². The van der Waals surface area contributed by atoms with Crippen LogP contribution in [0.25, 0.3) is 17.0 Å². The molecule has 0 spiro atoms. The number of anilines is 1. The summed E-state index contributed by atoms with van der Waals surface area (Å²) in [5, 5.41) is 4.96. The number of fused-ring (bicyclic) bond motifs is 2. The molecule has 3 aromatic rings. The van der Waals surface area contributed by atoms with E-state index in [4.69, 9.17) is 4.98 Å².